The van der Waals surface area contributed by atoms with E-state index in [4.69, 9.17) is 21.7 Å². The molecule has 3 heterocycles. The van der Waals surface area contributed by atoms with E-state index in [-0.39, 0.29) is 37.5 Å². The van der Waals surface area contributed by atoms with Crippen LogP contribution >= 0.6 is 47.1 Å². The average molecular weight is 624 g/mol. The summed E-state index contributed by atoms with van der Waals surface area (Å²) in [6.45, 7) is 4.94. The van der Waals surface area contributed by atoms with Gasteiger partial charge in [-0.1, -0.05) is 25.6 Å². The van der Waals surface area contributed by atoms with Gasteiger partial charge in [-0.2, -0.15) is 5.06 Å². The highest BCUT2D eigenvalue weighted by Gasteiger charge is 2.34. The van der Waals surface area contributed by atoms with Crippen molar-refractivity contribution < 1.29 is 34.2 Å². The summed E-state index contributed by atoms with van der Waals surface area (Å²) in [5, 5.41) is 20.4. The minimum absolute atomic E-state index is 0.0310. The van der Waals surface area contributed by atoms with Gasteiger partial charge in [-0.15, -0.1) is 11.3 Å². The fourth-order valence-electron chi connectivity index (χ4n) is 3.97. The number of fused-ring (bicyclic) bond motifs is 1. The molecule has 2 aliphatic heterocycles. The predicted molar refractivity (Wildman–Crippen MR) is 157 cm³/mol. The molecular weight excluding hydrogens is 599 g/mol. The molecule has 2 N–H and O–H groups in total. The fourth-order valence-corrected chi connectivity index (χ4v) is 7.60. The standard InChI is InChI=1S/C25H25N3O8S4/c1-5-36-19(31)11-26-15-8-13(35-4)6-7-16(15)38-17(26)9-14(12(2)3)20-22(32)27(10-18(29)30)24(39-20)21-23(33)28(34)25(37)40-21/h6-9,12,34H,5,10-11H2,1-4H3,(H,29,30). The molecule has 1 saturated heterocycles. The number of esters is 1. The quantitative estimate of drug-likeness (QED) is 0.253. The van der Waals surface area contributed by atoms with Gasteiger partial charge in [0.05, 0.1) is 29.0 Å². The van der Waals surface area contributed by atoms with E-state index in [1.165, 1.54) is 11.8 Å². The molecule has 1 amide bonds. The molecule has 0 radical (unpaired) electrons. The summed E-state index contributed by atoms with van der Waals surface area (Å²) in [6, 6.07) is 5.49. The maximum Gasteiger partial charge on any atom is 0.325 e. The van der Waals surface area contributed by atoms with Gasteiger partial charge in [0.1, 0.15) is 28.4 Å². The number of hydrogen-bond donors (Lipinski definition) is 2. The number of aliphatic carboxylic acids is 1. The lowest BCUT2D eigenvalue weighted by molar-refractivity contribution is -0.141. The number of carbonyl (C=O) groups excluding carboxylic acids is 2. The van der Waals surface area contributed by atoms with Crippen LogP contribution in [0.25, 0.3) is 10.5 Å². The second-order valence-corrected chi connectivity index (χ2v) is 12.5. The van der Waals surface area contributed by atoms with Crippen molar-refractivity contribution in [3.05, 3.63) is 48.9 Å². The summed E-state index contributed by atoms with van der Waals surface area (Å²) < 4.78 is 11.8. The average Bonchev–Trinajstić information content (AvgIpc) is 3.49. The molecule has 11 nitrogen and oxygen atoms in total. The van der Waals surface area contributed by atoms with Crippen molar-refractivity contribution >= 4 is 85.4 Å². The first kappa shape index (κ1) is 29.9. The largest absolute Gasteiger partial charge is 0.497 e. The number of thiazole rings is 1. The number of nitrogens with zero attached hydrogens (tertiary/aromatic N) is 3. The number of amides is 1. The first-order valence-electron chi connectivity index (χ1n) is 11.9. The monoisotopic (exact) mass is 623 g/mol. The highest BCUT2D eigenvalue weighted by atomic mass is 32.2. The van der Waals surface area contributed by atoms with E-state index >= 15 is 0 Å². The van der Waals surface area contributed by atoms with Crippen LogP contribution in [0, 0.1) is 5.92 Å². The topological polar surface area (TPSA) is 139 Å². The number of hydrogen-bond acceptors (Lipinski definition) is 12. The lowest BCUT2D eigenvalue weighted by atomic mass is 10.0. The Bertz CT molecular complexity index is 1620. The minimum atomic E-state index is -1.27. The summed E-state index contributed by atoms with van der Waals surface area (Å²) in [5.74, 6) is -2.14. The number of carboxylic acid groups (broad SMARTS) is 1. The number of hydroxylamine groups is 2. The number of methoxy groups -OCH3 is 1. The van der Waals surface area contributed by atoms with Crippen LogP contribution in [0.3, 0.4) is 0 Å². The lowest BCUT2D eigenvalue weighted by Gasteiger charge is -2.20. The van der Waals surface area contributed by atoms with Crippen molar-refractivity contribution in [2.24, 2.45) is 5.92 Å². The van der Waals surface area contributed by atoms with Gasteiger partial charge in [0.25, 0.3) is 11.5 Å². The zero-order valence-corrected chi connectivity index (χ0v) is 25.1. The van der Waals surface area contributed by atoms with Crippen molar-refractivity contribution in [2.75, 3.05) is 25.2 Å². The van der Waals surface area contributed by atoms with E-state index in [1.54, 1.807) is 25.0 Å². The summed E-state index contributed by atoms with van der Waals surface area (Å²) in [5.41, 5.74) is 0.725. The van der Waals surface area contributed by atoms with E-state index in [0.717, 1.165) is 38.2 Å². The van der Waals surface area contributed by atoms with Crippen LogP contribution in [-0.4, -0.2) is 62.4 Å². The molecule has 0 unspecified atom stereocenters. The van der Waals surface area contributed by atoms with Gasteiger partial charge in [0.2, 0.25) is 0 Å². The predicted octanol–water partition coefficient (Wildman–Crippen LogP) is 2.18. The molecule has 1 fully saturated rings. The number of carbonyl (C=O) groups is 3. The van der Waals surface area contributed by atoms with E-state index in [2.05, 4.69) is 0 Å². The summed E-state index contributed by atoms with van der Waals surface area (Å²) in [4.78, 5) is 53.0. The summed E-state index contributed by atoms with van der Waals surface area (Å²) in [6.07, 6.45) is 1.79. The molecule has 40 heavy (non-hydrogen) atoms. The third-order valence-corrected chi connectivity index (χ3v) is 9.63. The smallest absolute Gasteiger partial charge is 0.325 e. The second-order valence-electron chi connectivity index (χ2n) is 8.75. The van der Waals surface area contributed by atoms with Crippen molar-refractivity contribution in [3.8, 4) is 5.75 Å². The molecule has 4 rings (SSSR count). The molecule has 0 bridgehead atoms. The molecule has 0 saturated carbocycles. The normalized spacial score (nSPS) is 18.1. The number of aromatic nitrogens is 1. The Morgan fingerprint density at radius 2 is 1.90 bits per heavy atom. The molecule has 15 heteroatoms. The van der Waals surface area contributed by atoms with Crippen molar-refractivity contribution in [3.63, 3.8) is 0 Å². The third kappa shape index (κ3) is 5.83. The highest BCUT2D eigenvalue weighted by Crippen LogP contribution is 2.48. The van der Waals surface area contributed by atoms with Crippen molar-refractivity contribution in [1.29, 1.82) is 0 Å². The Labute approximate surface area is 246 Å². The van der Waals surface area contributed by atoms with E-state index in [0.29, 0.717) is 21.4 Å². The van der Waals surface area contributed by atoms with Crippen LogP contribution in [0.15, 0.2) is 39.0 Å². The molecule has 2 aliphatic rings. The number of carboxylic acids is 1. The Kier molecular flexibility index (Phi) is 9.09. The van der Waals surface area contributed by atoms with Gasteiger partial charge in [0.15, 0.2) is 4.32 Å². The van der Waals surface area contributed by atoms with E-state index in [9.17, 15) is 29.5 Å². The van der Waals surface area contributed by atoms with Crippen molar-refractivity contribution in [1.82, 2.24) is 9.63 Å². The van der Waals surface area contributed by atoms with Gasteiger partial charge in [-0.3, -0.25) is 29.0 Å². The van der Waals surface area contributed by atoms with Crippen LogP contribution in [0.1, 0.15) is 20.8 Å². The van der Waals surface area contributed by atoms with Crippen molar-refractivity contribution in [2.45, 2.75) is 32.2 Å². The van der Waals surface area contributed by atoms with Gasteiger partial charge >= 0.3 is 11.9 Å². The number of rotatable bonds is 8. The van der Waals surface area contributed by atoms with Gasteiger partial charge in [-0.25, -0.2) is 0 Å². The van der Waals surface area contributed by atoms with Gasteiger partial charge in [0, 0.05) is 11.0 Å². The zero-order valence-electron chi connectivity index (χ0n) is 21.8. The summed E-state index contributed by atoms with van der Waals surface area (Å²) >= 11 is 8.15. The number of allylic oxidation sites excluding steroid dienone is 1. The highest BCUT2D eigenvalue weighted by molar-refractivity contribution is 8.30. The number of thiocarbonyl (C=S) groups is 1. The van der Waals surface area contributed by atoms with Gasteiger partial charge < -0.3 is 19.5 Å². The third-order valence-electron chi connectivity index (χ3n) is 5.81. The molecule has 0 aliphatic carbocycles. The van der Waals surface area contributed by atoms with Crippen LogP contribution in [0.4, 0.5) is 5.69 Å². The number of anilines is 1. The second kappa shape index (κ2) is 12.2. The van der Waals surface area contributed by atoms with Crippen LogP contribution < -0.4 is 24.4 Å². The van der Waals surface area contributed by atoms with Crippen LogP contribution in [0.5, 0.6) is 5.75 Å². The maximum atomic E-state index is 13.6. The molecule has 2 aromatic rings. The zero-order chi connectivity index (χ0) is 29.3. The van der Waals surface area contributed by atoms with Gasteiger partial charge in [-0.05, 0) is 60.6 Å². The maximum absolute atomic E-state index is 13.6. The number of ether oxygens (including phenoxy) is 2. The summed E-state index contributed by atoms with van der Waals surface area (Å²) in [7, 11) is 1.55. The van der Waals surface area contributed by atoms with Crippen LogP contribution in [0.2, 0.25) is 0 Å². The Morgan fingerprint density at radius 3 is 2.48 bits per heavy atom. The number of benzene rings is 1. The Morgan fingerprint density at radius 1 is 1.18 bits per heavy atom. The fraction of sp³-hybridized carbons (Fsp3) is 0.320. The van der Waals surface area contributed by atoms with Crippen LogP contribution in [-0.2, 0) is 25.7 Å². The SMILES string of the molecule is CCOC(=O)CN1C(=CC(=c2sc(=C3SC(=S)N(O)C3=O)n(CC(=O)O)c2=O)C(C)C)Sc2ccc(OC)cc21. The first-order chi connectivity index (χ1) is 19.0. The lowest BCUT2D eigenvalue weighted by Crippen LogP contribution is -2.36. The number of thioether (sulfide) groups is 2. The first-order valence-corrected chi connectivity index (χ1v) is 14.8. The van der Waals surface area contributed by atoms with E-state index in [1.807, 2.05) is 32.0 Å². The molecule has 1 aromatic heterocycles. The Balaban J connectivity index is 1.97. The molecule has 1 aromatic carbocycles. The minimum Gasteiger partial charge on any atom is -0.497 e. The Hall–Kier alpha value is -3.11. The molecule has 0 atom stereocenters. The molecule has 212 valence electrons. The van der Waals surface area contributed by atoms with E-state index < -0.39 is 29.9 Å². The molecule has 0 spiro atoms. The molecular formula is C25H25N3O8S4.